The number of sulfonamides is 1. The van der Waals surface area contributed by atoms with Crippen molar-refractivity contribution in [3.8, 4) is 0 Å². The zero-order valence-electron chi connectivity index (χ0n) is 13.0. The van der Waals surface area contributed by atoms with Crippen LogP contribution >= 0.6 is 0 Å². The summed E-state index contributed by atoms with van der Waals surface area (Å²) in [6.07, 6.45) is 5.52. The summed E-state index contributed by atoms with van der Waals surface area (Å²) in [6.45, 7) is -0.323. The van der Waals surface area contributed by atoms with Gasteiger partial charge in [-0.05, 0) is 49.3 Å². The Morgan fingerprint density at radius 1 is 1.35 bits per heavy atom. The second kappa shape index (κ2) is 6.11. The van der Waals surface area contributed by atoms with Gasteiger partial charge in [-0.2, -0.15) is 0 Å². The highest BCUT2D eigenvalue weighted by Gasteiger charge is 2.40. The molecule has 5 nitrogen and oxygen atoms in total. The molecule has 2 bridgehead atoms. The molecule has 2 aliphatic rings. The van der Waals surface area contributed by atoms with Crippen LogP contribution in [0.1, 0.15) is 25.7 Å². The van der Waals surface area contributed by atoms with Gasteiger partial charge in [0.2, 0.25) is 15.9 Å². The van der Waals surface area contributed by atoms with Crippen molar-refractivity contribution in [3.63, 3.8) is 0 Å². The molecule has 1 N–H and O–H groups in total. The van der Waals surface area contributed by atoms with E-state index in [9.17, 15) is 17.6 Å². The average Bonchev–Trinajstić information content (AvgIpc) is 3.06. The van der Waals surface area contributed by atoms with Crippen molar-refractivity contribution in [1.82, 2.24) is 5.32 Å². The summed E-state index contributed by atoms with van der Waals surface area (Å²) in [4.78, 5) is 12.3. The maximum absolute atomic E-state index is 13.4. The number of amides is 1. The van der Waals surface area contributed by atoms with Crippen LogP contribution in [-0.2, 0) is 14.8 Å². The van der Waals surface area contributed by atoms with Crippen LogP contribution < -0.4 is 9.62 Å². The highest BCUT2D eigenvalue weighted by atomic mass is 32.2. The SMILES string of the molecule is CS(=O)(=O)N(CC(=O)N[C@@H]1C[C@H]2CC[C@H]1C2)c1cccc(F)c1. The molecular weight excluding hydrogens is 319 g/mol. The van der Waals surface area contributed by atoms with Gasteiger partial charge < -0.3 is 5.32 Å². The predicted octanol–water partition coefficient (Wildman–Crippen LogP) is 1.90. The number of halogens is 1. The summed E-state index contributed by atoms with van der Waals surface area (Å²) in [7, 11) is -3.67. The Morgan fingerprint density at radius 3 is 2.70 bits per heavy atom. The first-order valence-corrected chi connectivity index (χ1v) is 9.70. The van der Waals surface area contributed by atoms with Crippen molar-refractivity contribution < 1.29 is 17.6 Å². The van der Waals surface area contributed by atoms with Crippen molar-refractivity contribution in [2.45, 2.75) is 31.7 Å². The van der Waals surface area contributed by atoms with E-state index in [-0.39, 0.29) is 24.2 Å². The molecule has 1 amide bonds. The minimum atomic E-state index is -3.67. The van der Waals surface area contributed by atoms with E-state index < -0.39 is 15.8 Å². The van der Waals surface area contributed by atoms with E-state index in [4.69, 9.17) is 0 Å². The number of carbonyl (C=O) groups excluding carboxylic acids is 1. The molecule has 7 heteroatoms. The summed E-state index contributed by atoms with van der Waals surface area (Å²) in [5.41, 5.74) is 0.163. The Morgan fingerprint density at radius 2 is 2.13 bits per heavy atom. The molecule has 0 saturated heterocycles. The van der Waals surface area contributed by atoms with Crippen LogP contribution in [0.4, 0.5) is 10.1 Å². The first-order chi connectivity index (χ1) is 10.8. The Hall–Kier alpha value is -1.63. The lowest BCUT2D eigenvalue weighted by Crippen LogP contribution is -2.45. The molecule has 3 atom stereocenters. The standard InChI is InChI=1S/C16H21FN2O3S/c1-23(21,22)19(14-4-2-3-13(17)9-14)10-16(20)18-15-8-11-5-6-12(15)7-11/h2-4,9,11-12,15H,5-8,10H2,1H3,(H,18,20)/t11-,12-,15+/m0/s1. The molecule has 2 aliphatic carbocycles. The van der Waals surface area contributed by atoms with Crippen molar-refractivity contribution in [2.24, 2.45) is 11.8 Å². The zero-order chi connectivity index (χ0) is 16.6. The number of carbonyl (C=O) groups is 1. The number of nitrogens with one attached hydrogen (secondary N) is 1. The third kappa shape index (κ3) is 3.65. The van der Waals surface area contributed by atoms with E-state index in [1.807, 2.05) is 0 Å². The summed E-state index contributed by atoms with van der Waals surface area (Å²) < 4.78 is 38.2. The minimum Gasteiger partial charge on any atom is -0.352 e. The monoisotopic (exact) mass is 340 g/mol. The van der Waals surface area contributed by atoms with E-state index in [0.29, 0.717) is 11.8 Å². The van der Waals surface area contributed by atoms with Crippen LogP contribution in [0.5, 0.6) is 0 Å². The van der Waals surface area contributed by atoms with E-state index >= 15 is 0 Å². The second-order valence-corrected chi connectivity index (χ2v) is 8.51. The van der Waals surface area contributed by atoms with Crippen LogP contribution in [0.3, 0.4) is 0 Å². The van der Waals surface area contributed by atoms with E-state index in [0.717, 1.165) is 35.9 Å². The summed E-state index contributed by atoms with van der Waals surface area (Å²) in [5.74, 6) is 0.339. The van der Waals surface area contributed by atoms with Crippen LogP contribution in [0.2, 0.25) is 0 Å². The summed E-state index contributed by atoms with van der Waals surface area (Å²) >= 11 is 0. The summed E-state index contributed by atoms with van der Waals surface area (Å²) in [6, 6.07) is 5.41. The lowest BCUT2D eigenvalue weighted by atomic mass is 9.95. The van der Waals surface area contributed by atoms with Gasteiger partial charge in [-0.25, -0.2) is 12.8 Å². The van der Waals surface area contributed by atoms with Gasteiger partial charge >= 0.3 is 0 Å². The van der Waals surface area contributed by atoms with Crippen molar-refractivity contribution in [1.29, 1.82) is 0 Å². The maximum atomic E-state index is 13.4. The minimum absolute atomic E-state index is 0.148. The van der Waals surface area contributed by atoms with Gasteiger partial charge in [0.15, 0.2) is 0 Å². The van der Waals surface area contributed by atoms with Gasteiger partial charge in [0.1, 0.15) is 12.4 Å². The van der Waals surface area contributed by atoms with Crippen molar-refractivity contribution in [2.75, 3.05) is 17.1 Å². The van der Waals surface area contributed by atoms with Crippen molar-refractivity contribution in [3.05, 3.63) is 30.1 Å². The van der Waals surface area contributed by atoms with E-state index in [1.165, 1.54) is 24.6 Å². The maximum Gasteiger partial charge on any atom is 0.241 e. The molecule has 0 radical (unpaired) electrons. The van der Waals surface area contributed by atoms with Gasteiger partial charge in [-0.1, -0.05) is 12.5 Å². The second-order valence-electron chi connectivity index (χ2n) is 6.60. The highest BCUT2D eigenvalue weighted by Crippen LogP contribution is 2.44. The van der Waals surface area contributed by atoms with Crippen molar-refractivity contribution >= 4 is 21.6 Å². The predicted molar refractivity (Wildman–Crippen MR) is 86.0 cm³/mol. The lowest BCUT2D eigenvalue weighted by molar-refractivity contribution is -0.120. The van der Waals surface area contributed by atoms with Gasteiger partial charge in [0.05, 0.1) is 11.9 Å². The topological polar surface area (TPSA) is 66.5 Å². The fraction of sp³-hybridized carbons (Fsp3) is 0.562. The number of hydrogen-bond acceptors (Lipinski definition) is 3. The van der Waals surface area contributed by atoms with Crippen LogP contribution in [-0.4, -0.2) is 33.2 Å². The molecule has 23 heavy (non-hydrogen) atoms. The third-order valence-electron chi connectivity index (χ3n) is 4.87. The smallest absolute Gasteiger partial charge is 0.241 e. The molecule has 1 aromatic carbocycles. The fourth-order valence-corrected chi connectivity index (χ4v) is 4.68. The number of nitrogens with zero attached hydrogens (tertiary/aromatic N) is 1. The number of anilines is 1. The normalized spacial score (nSPS) is 26.3. The Labute approximate surface area is 135 Å². The van der Waals surface area contributed by atoms with Gasteiger partial charge in [-0.15, -0.1) is 0 Å². The Bertz CT molecular complexity index is 707. The molecular formula is C16H21FN2O3S. The number of rotatable bonds is 5. The van der Waals surface area contributed by atoms with Crippen LogP contribution in [0.15, 0.2) is 24.3 Å². The van der Waals surface area contributed by atoms with Gasteiger partial charge in [0, 0.05) is 6.04 Å². The molecule has 0 aliphatic heterocycles. The highest BCUT2D eigenvalue weighted by molar-refractivity contribution is 7.92. The van der Waals surface area contributed by atoms with E-state index in [2.05, 4.69) is 5.32 Å². The number of fused-ring (bicyclic) bond motifs is 2. The quantitative estimate of drug-likeness (QED) is 0.890. The average molecular weight is 340 g/mol. The van der Waals surface area contributed by atoms with Crippen LogP contribution in [0.25, 0.3) is 0 Å². The van der Waals surface area contributed by atoms with Crippen LogP contribution in [0, 0.1) is 17.7 Å². The molecule has 0 heterocycles. The number of hydrogen-bond donors (Lipinski definition) is 1. The lowest BCUT2D eigenvalue weighted by Gasteiger charge is -2.26. The Kier molecular flexibility index (Phi) is 4.31. The molecule has 0 spiro atoms. The molecule has 126 valence electrons. The first kappa shape index (κ1) is 16.2. The molecule has 3 rings (SSSR count). The molecule has 1 aromatic rings. The largest absolute Gasteiger partial charge is 0.352 e. The van der Waals surface area contributed by atoms with Gasteiger partial charge in [0.25, 0.3) is 0 Å². The Balaban J connectivity index is 1.70. The molecule has 2 saturated carbocycles. The fourth-order valence-electron chi connectivity index (χ4n) is 3.84. The molecule has 0 aromatic heterocycles. The molecule has 0 unspecified atom stereocenters. The van der Waals surface area contributed by atoms with E-state index in [1.54, 1.807) is 0 Å². The number of benzene rings is 1. The summed E-state index contributed by atoms with van der Waals surface area (Å²) in [5, 5.41) is 2.96. The third-order valence-corrected chi connectivity index (χ3v) is 6.01. The molecule has 2 fully saturated rings. The zero-order valence-corrected chi connectivity index (χ0v) is 13.9. The first-order valence-electron chi connectivity index (χ1n) is 7.85. The van der Waals surface area contributed by atoms with Gasteiger partial charge in [-0.3, -0.25) is 9.10 Å².